The van der Waals surface area contributed by atoms with Gasteiger partial charge in [-0.1, -0.05) is 24.6 Å². The molecule has 23 heavy (non-hydrogen) atoms. The van der Waals surface area contributed by atoms with E-state index in [1.54, 1.807) is 0 Å². The van der Waals surface area contributed by atoms with E-state index >= 15 is 0 Å². The summed E-state index contributed by atoms with van der Waals surface area (Å²) in [7, 11) is 0. The fourth-order valence-corrected chi connectivity index (χ4v) is 4.06. The van der Waals surface area contributed by atoms with Gasteiger partial charge in [0.2, 0.25) is 5.95 Å². The van der Waals surface area contributed by atoms with Gasteiger partial charge in [0.05, 0.1) is 0 Å². The molecule has 2 aliphatic heterocycles. The number of nitrogens with two attached hydrogens (primary N) is 1. The Balaban J connectivity index is 1.77. The van der Waals surface area contributed by atoms with Crippen LogP contribution in [0, 0.1) is 0 Å². The molecule has 1 fully saturated rings. The quantitative estimate of drug-likeness (QED) is 0.781. The second-order valence-corrected chi connectivity index (χ2v) is 7.53. The summed E-state index contributed by atoms with van der Waals surface area (Å²) >= 11 is 0. The van der Waals surface area contributed by atoms with E-state index in [1.165, 1.54) is 18.4 Å². The van der Waals surface area contributed by atoms with E-state index in [1.807, 2.05) is 0 Å². The Hall–Kier alpha value is -2.01. The smallest absolute Gasteiger partial charge is 0.226 e. The molecule has 1 saturated carbocycles. The highest BCUT2D eigenvalue weighted by Gasteiger charge is 2.47. The highest BCUT2D eigenvalue weighted by Crippen LogP contribution is 2.51. The molecule has 2 aromatic rings. The van der Waals surface area contributed by atoms with Crippen molar-refractivity contribution in [1.29, 1.82) is 0 Å². The van der Waals surface area contributed by atoms with Crippen LogP contribution in [0.15, 0.2) is 24.3 Å². The Morgan fingerprint density at radius 3 is 2.83 bits per heavy atom. The Morgan fingerprint density at radius 2 is 1.96 bits per heavy atom. The fourth-order valence-electron chi connectivity index (χ4n) is 4.06. The number of fused-ring (bicyclic) bond motifs is 8. The van der Waals surface area contributed by atoms with E-state index < -0.39 is 0 Å². The molecule has 1 unspecified atom stereocenters. The van der Waals surface area contributed by atoms with E-state index in [4.69, 9.17) is 15.7 Å². The molecule has 1 atom stereocenters. The zero-order valence-electron chi connectivity index (χ0n) is 13.2. The molecule has 6 bridgehead atoms. The molecular weight excluding hydrogens is 286 g/mol. The zero-order valence-corrected chi connectivity index (χ0v) is 13.2. The van der Waals surface area contributed by atoms with Gasteiger partial charge in [-0.2, -0.15) is 9.97 Å². The first-order valence-electron chi connectivity index (χ1n) is 8.53. The Kier molecular flexibility index (Phi) is 2.63. The predicted octanol–water partition coefficient (Wildman–Crippen LogP) is 2.42. The highest BCUT2D eigenvalue weighted by atomic mass is 15.2. The van der Waals surface area contributed by atoms with Crippen molar-refractivity contribution in [1.82, 2.24) is 15.0 Å². The van der Waals surface area contributed by atoms with Crippen LogP contribution in [-0.2, 0) is 11.8 Å². The van der Waals surface area contributed by atoms with Crippen molar-refractivity contribution in [2.75, 3.05) is 11.9 Å². The maximum Gasteiger partial charge on any atom is 0.226 e. The molecule has 3 aliphatic rings. The summed E-state index contributed by atoms with van der Waals surface area (Å²) in [5.74, 6) is 2.44. The Morgan fingerprint density at radius 1 is 1.04 bits per heavy atom. The third-order valence-electron chi connectivity index (χ3n) is 5.63. The SMILES string of the molecule is NC12CCCC3(CC3)c3nc(nc(n3)-c3cccc(c3)C1)NC2. The van der Waals surface area contributed by atoms with Crippen LogP contribution in [-0.4, -0.2) is 27.0 Å². The van der Waals surface area contributed by atoms with Gasteiger partial charge in [-0.15, -0.1) is 0 Å². The molecule has 1 spiro atoms. The average molecular weight is 307 g/mol. The van der Waals surface area contributed by atoms with Gasteiger partial charge < -0.3 is 11.1 Å². The average Bonchev–Trinajstić information content (AvgIpc) is 3.33. The highest BCUT2D eigenvalue weighted by molar-refractivity contribution is 5.58. The molecule has 5 heteroatoms. The zero-order chi connectivity index (χ0) is 15.5. The summed E-state index contributed by atoms with van der Waals surface area (Å²) in [5, 5.41) is 3.39. The minimum absolute atomic E-state index is 0.170. The van der Waals surface area contributed by atoms with E-state index in [-0.39, 0.29) is 11.0 Å². The van der Waals surface area contributed by atoms with Crippen molar-refractivity contribution in [3.8, 4) is 11.4 Å². The summed E-state index contributed by atoms with van der Waals surface area (Å²) in [6.45, 7) is 0.702. The van der Waals surface area contributed by atoms with Crippen LogP contribution in [0.3, 0.4) is 0 Å². The van der Waals surface area contributed by atoms with E-state index in [0.717, 1.165) is 42.9 Å². The molecule has 5 nitrogen and oxygen atoms in total. The first-order valence-corrected chi connectivity index (χ1v) is 8.53. The lowest BCUT2D eigenvalue weighted by Crippen LogP contribution is -2.49. The molecule has 0 saturated heterocycles. The van der Waals surface area contributed by atoms with Gasteiger partial charge in [0.25, 0.3) is 0 Å². The summed E-state index contributed by atoms with van der Waals surface area (Å²) in [6.07, 6.45) is 6.54. The van der Waals surface area contributed by atoms with E-state index in [0.29, 0.717) is 12.5 Å². The van der Waals surface area contributed by atoms with E-state index in [2.05, 4.69) is 34.6 Å². The molecule has 118 valence electrons. The minimum atomic E-state index is -0.254. The molecule has 0 radical (unpaired) electrons. The summed E-state index contributed by atoms with van der Waals surface area (Å²) in [4.78, 5) is 14.2. The molecule has 5 rings (SSSR count). The Bertz CT molecular complexity index is 783. The van der Waals surface area contributed by atoms with Gasteiger partial charge >= 0.3 is 0 Å². The maximum atomic E-state index is 6.78. The fraction of sp³-hybridized carbons (Fsp3) is 0.500. The van der Waals surface area contributed by atoms with Crippen LogP contribution in [0.4, 0.5) is 5.95 Å². The largest absolute Gasteiger partial charge is 0.352 e. The number of benzene rings is 1. The van der Waals surface area contributed by atoms with Crippen molar-refractivity contribution in [2.45, 2.75) is 49.5 Å². The number of aromatic nitrogens is 3. The molecular formula is C18H21N5. The van der Waals surface area contributed by atoms with Gasteiger partial charge in [0, 0.05) is 23.1 Å². The first-order chi connectivity index (χ1) is 11.1. The summed E-state index contributed by atoms with van der Waals surface area (Å²) < 4.78 is 0. The second kappa shape index (κ2) is 4.51. The maximum absolute atomic E-state index is 6.78. The van der Waals surface area contributed by atoms with Crippen molar-refractivity contribution >= 4 is 5.95 Å². The first kappa shape index (κ1) is 13.4. The third-order valence-corrected chi connectivity index (χ3v) is 5.63. The lowest BCUT2D eigenvalue weighted by atomic mass is 9.83. The molecule has 0 amide bonds. The number of hydrogen-bond acceptors (Lipinski definition) is 5. The van der Waals surface area contributed by atoms with Gasteiger partial charge in [-0.25, -0.2) is 4.98 Å². The van der Waals surface area contributed by atoms with Crippen LogP contribution >= 0.6 is 0 Å². The summed E-state index contributed by atoms with van der Waals surface area (Å²) in [6, 6.07) is 8.51. The number of nitrogens with zero attached hydrogens (tertiary/aromatic N) is 3. The molecule has 1 aliphatic carbocycles. The van der Waals surface area contributed by atoms with Gasteiger partial charge in [0.1, 0.15) is 5.82 Å². The number of hydrogen-bond donors (Lipinski definition) is 2. The van der Waals surface area contributed by atoms with Crippen molar-refractivity contribution in [3.63, 3.8) is 0 Å². The molecule has 1 aromatic carbocycles. The van der Waals surface area contributed by atoms with Crippen LogP contribution in [0.2, 0.25) is 0 Å². The van der Waals surface area contributed by atoms with Gasteiger partial charge in [-0.3, -0.25) is 0 Å². The van der Waals surface area contributed by atoms with Crippen LogP contribution in [0.25, 0.3) is 11.4 Å². The molecule has 1 aromatic heterocycles. The van der Waals surface area contributed by atoms with Crippen molar-refractivity contribution < 1.29 is 0 Å². The van der Waals surface area contributed by atoms with Crippen LogP contribution in [0.1, 0.15) is 43.5 Å². The van der Waals surface area contributed by atoms with Crippen molar-refractivity contribution in [3.05, 3.63) is 35.7 Å². The number of rotatable bonds is 0. The second-order valence-electron chi connectivity index (χ2n) is 7.53. The summed E-state index contributed by atoms with van der Waals surface area (Å²) in [5.41, 5.74) is 9.02. The van der Waals surface area contributed by atoms with Crippen molar-refractivity contribution in [2.24, 2.45) is 5.73 Å². The Labute approximate surface area is 135 Å². The van der Waals surface area contributed by atoms with Crippen LogP contribution < -0.4 is 11.1 Å². The lowest BCUT2D eigenvalue weighted by Gasteiger charge is -2.32. The van der Waals surface area contributed by atoms with E-state index in [9.17, 15) is 0 Å². The molecule has 3 N–H and O–H groups in total. The predicted molar refractivity (Wildman–Crippen MR) is 89.1 cm³/mol. The topological polar surface area (TPSA) is 76.7 Å². The third kappa shape index (κ3) is 2.22. The monoisotopic (exact) mass is 307 g/mol. The standard InChI is InChI=1S/C18H21N5/c19-18-6-2-5-17(7-8-17)15-21-14(22-16(23-15)20-11-18)13-4-1-3-12(9-13)10-18/h1,3-4,9H,2,5-8,10-11,19H2,(H,20,21,22,23). The lowest BCUT2D eigenvalue weighted by molar-refractivity contribution is 0.374. The number of nitrogens with one attached hydrogen (secondary N) is 1. The van der Waals surface area contributed by atoms with Gasteiger partial charge in [-0.05, 0) is 43.7 Å². The minimum Gasteiger partial charge on any atom is -0.352 e. The van der Waals surface area contributed by atoms with Gasteiger partial charge in [0.15, 0.2) is 5.82 Å². The number of anilines is 1. The van der Waals surface area contributed by atoms with Crippen LogP contribution in [0.5, 0.6) is 0 Å². The normalized spacial score (nSPS) is 27.0. The molecule has 3 heterocycles.